The maximum Gasteiger partial charge on any atom is 0.407 e. The van der Waals surface area contributed by atoms with Crippen molar-refractivity contribution in [3.63, 3.8) is 0 Å². The number of hydrogen-bond acceptors (Lipinski definition) is 6. The lowest BCUT2D eigenvalue weighted by Gasteiger charge is -2.25. The molecule has 0 saturated carbocycles. The summed E-state index contributed by atoms with van der Waals surface area (Å²) in [5, 5.41) is 13.9. The smallest absolute Gasteiger partial charge is 0.407 e. The lowest BCUT2D eigenvalue weighted by Crippen LogP contribution is -2.44. The molecule has 0 fully saturated rings. The zero-order valence-electron chi connectivity index (χ0n) is 19.0. The van der Waals surface area contributed by atoms with Gasteiger partial charge in [0.15, 0.2) is 0 Å². The van der Waals surface area contributed by atoms with Crippen molar-refractivity contribution in [3.05, 3.63) is 0 Å². The van der Waals surface area contributed by atoms with E-state index in [9.17, 15) is 19.2 Å². The molecule has 0 spiro atoms. The van der Waals surface area contributed by atoms with Crippen LogP contribution < -0.4 is 10.6 Å². The summed E-state index contributed by atoms with van der Waals surface area (Å²) in [6.07, 6.45) is -0.117. The number of carboxylic acid groups (broad SMARTS) is 1. The number of nitrogens with one attached hydrogen (secondary N) is 2. The minimum atomic E-state index is -0.901. The van der Waals surface area contributed by atoms with Crippen molar-refractivity contribution >= 4 is 24.1 Å². The molecule has 174 valence electrons. The Morgan fingerprint density at radius 2 is 1.17 bits per heavy atom. The van der Waals surface area contributed by atoms with Crippen LogP contribution in [0.15, 0.2) is 0 Å². The molecule has 3 amide bonds. The van der Waals surface area contributed by atoms with Crippen molar-refractivity contribution in [3.8, 4) is 0 Å². The first-order valence-electron chi connectivity index (χ1n) is 10.1. The van der Waals surface area contributed by atoms with Crippen molar-refractivity contribution in [1.82, 2.24) is 15.5 Å². The third kappa shape index (κ3) is 16.4. The Kier molecular flexibility index (Phi) is 11.8. The molecular weight excluding hydrogens is 394 g/mol. The van der Waals surface area contributed by atoms with Crippen LogP contribution >= 0.6 is 0 Å². The van der Waals surface area contributed by atoms with Gasteiger partial charge in [0, 0.05) is 39.0 Å². The summed E-state index contributed by atoms with van der Waals surface area (Å²) >= 11 is 0. The molecular formula is C20H37N3O7. The Morgan fingerprint density at radius 1 is 0.767 bits per heavy atom. The van der Waals surface area contributed by atoms with Crippen LogP contribution in [0.4, 0.5) is 9.59 Å². The minimum Gasteiger partial charge on any atom is -0.481 e. The summed E-state index contributed by atoms with van der Waals surface area (Å²) in [5.74, 6) is -1.08. The van der Waals surface area contributed by atoms with E-state index in [4.69, 9.17) is 14.6 Å². The van der Waals surface area contributed by atoms with E-state index in [-0.39, 0.29) is 44.9 Å². The fraction of sp³-hybridized carbons (Fsp3) is 0.800. The largest absolute Gasteiger partial charge is 0.481 e. The topological polar surface area (TPSA) is 134 Å². The SMILES string of the molecule is CC(C)(C)OC(=O)NCCN(CCNC(=O)OC(C)(C)C)C(=O)CCCCC(=O)O. The van der Waals surface area contributed by atoms with Gasteiger partial charge in [-0.15, -0.1) is 0 Å². The van der Waals surface area contributed by atoms with Crippen LogP contribution in [0.3, 0.4) is 0 Å². The molecule has 0 unspecified atom stereocenters. The first-order chi connectivity index (χ1) is 13.7. The van der Waals surface area contributed by atoms with Gasteiger partial charge in [0.05, 0.1) is 0 Å². The van der Waals surface area contributed by atoms with E-state index in [1.807, 2.05) is 0 Å². The van der Waals surface area contributed by atoms with Crippen molar-refractivity contribution in [2.45, 2.75) is 78.4 Å². The Labute approximate surface area is 178 Å². The predicted molar refractivity (Wildman–Crippen MR) is 111 cm³/mol. The van der Waals surface area contributed by atoms with Crippen molar-refractivity contribution < 1.29 is 33.8 Å². The molecule has 0 aromatic heterocycles. The zero-order valence-corrected chi connectivity index (χ0v) is 19.0. The molecule has 0 atom stereocenters. The molecule has 0 aromatic rings. The number of carbonyl (C=O) groups is 4. The van der Waals surface area contributed by atoms with Gasteiger partial charge in [-0.3, -0.25) is 9.59 Å². The number of carbonyl (C=O) groups excluding carboxylic acids is 3. The highest BCUT2D eigenvalue weighted by atomic mass is 16.6. The van der Waals surface area contributed by atoms with Gasteiger partial charge in [-0.1, -0.05) is 0 Å². The fourth-order valence-electron chi connectivity index (χ4n) is 2.29. The Morgan fingerprint density at radius 3 is 1.53 bits per heavy atom. The molecule has 0 aliphatic carbocycles. The highest BCUT2D eigenvalue weighted by Crippen LogP contribution is 2.08. The Bertz CT molecular complexity index is 546. The van der Waals surface area contributed by atoms with Crippen LogP contribution in [-0.4, -0.2) is 71.5 Å². The fourth-order valence-corrected chi connectivity index (χ4v) is 2.29. The summed E-state index contributed by atoms with van der Waals surface area (Å²) in [5.41, 5.74) is -1.25. The molecule has 3 N–H and O–H groups in total. The molecule has 0 rings (SSSR count). The summed E-state index contributed by atoms with van der Waals surface area (Å²) in [4.78, 5) is 48.1. The number of rotatable bonds is 11. The lowest BCUT2D eigenvalue weighted by molar-refractivity contribution is -0.137. The quantitative estimate of drug-likeness (QED) is 0.428. The molecule has 0 radical (unpaired) electrons. The standard InChI is InChI=1S/C20H37N3O7/c1-19(2,3)29-17(27)21-11-13-23(15(24)9-7-8-10-16(25)26)14-12-22-18(28)30-20(4,5)6/h7-14H2,1-6H3,(H,21,27)(H,22,28)(H,25,26). The van der Waals surface area contributed by atoms with Gasteiger partial charge in [0.1, 0.15) is 11.2 Å². The Balaban J connectivity index is 4.60. The van der Waals surface area contributed by atoms with Gasteiger partial charge in [-0.25, -0.2) is 9.59 Å². The monoisotopic (exact) mass is 431 g/mol. The van der Waals surface area contributed by atoms with E-state index in [0.717, 1.165) is 0 Å². The van der Waals surface area contributed by atoms with E-state index >= 15 is 0 Å². The van der Waals surface area contributed by atoms with Gasteiger partial charge in [-0.2, -0.15) is 0 Å². The number of amides is 3. The number of nitrogens with zero attached hydrogens (tertiary/aromatic N) is 1. The zero-order chi connectivity index (χ0) is 23.4. The van der Waals surface area contributed by atoms with E-state index < -0.39 is 29.4 Å². The van der Waals surface area contributed by atoms with Gasteiger partial charge < -0.3 is 30.1 Å². The third-order valence-corrected chi connectivity index (χ3v) is 3.48. The number of ether oxygens (including phenoxy) is 2. The number of aliphatic carboxylic acids is 1. The van der Waals surface area contributed by atoms with Crippen LogP contribution in [0.2, 0.25) is 0 Å². The number of alkyl carbamates (subject to hydrolysis) is 2. The molecule has 10 nitrogen and oxygen atoms in total. The normalized spacial score (nSPS) is 11.4. The van der Waals surface area contributed by atoms with Gasteiger partial charge in [0.25, 0.3) is 0 Å². The molecule has 0 aliphatic heterocycles. The predicted octanol–water partition coefficient (Wildman–Crippen LogP) is 2.51. The van der Waals surface area contributed by atoms with Crippen molar-refractivity contribution in [1.29, 1.82) is 0 Å². The van der Waals surface area contributed by atoms with Crippen LogP contribution in [0.5, 0.6) is 0 Å². The van der Waals surface area contributed by atoms with Gasteiger partial charge in [0.2, 0.25) is 5.91 Å². The second-order valence-electron chi connectivity index (χ2n) is 8.84. The highest BCUT2D eigenvalue weighted by molar-refractivity contribution is 5.76. The third-order valence-electron chi connectivity index (χ3n) is 3.48. The van der Waals surface area contributed by atoms with Crippen LogP contribution in [0, 0.1) is 0 Å². The minimum absolute atomic E-state index is 0.00762. The average Bonchev–Trinajstić information content (AvgIpc) is 2.53. The van der Waals surface area contributed by atoms with E-state index in [2.05, 4.69) is 10.6 Å². The van der Waals surface area contributed by atoms with Gasteiger partial charge in [-0.05, 0) is 54.4 Å². The number of carboxylic acids is 1. The van der Waals surface area contributed by atoms with E-state index in [1.54, 1.807) is 41.5 Å². The molecule has 30 heavy (non-hydrogen) atoms. The molecule has 0 saturated heterocycles. The first kappa shape index (κ1) is 27.5. The second kappa shape index (κ2) is 12.9. The molecule has 10 heteroatoms. The Hall–Kier alpha value is -2.52. The summed E-state index contributed by atoms with van der Waals surface area (Å²) in [7, 11) is 0. The molecule has 0 bridgehead atoms. The van der Waals surface area contributed by atoms with Crippen molar-refractivity contribution in [2.24, 2.45) is 0 Å². The van der Waals surface area contributed by atoms with Gasteiger partial charge >= 0.3 is 18.2 Å². The lowest BCUT2D eigenvalue weighted by atomic mass is 10.2. The van der Waals surface area contributed by atoms with E-state index in [0.29, 0.717) is 12.8 Å². The second-order valence-corrected chi connectivity index (χ2v) is 8.84. The first-order valence-corrected chi connectivity index (χ1v) is 10.1. The highest BCUT2D eigenvalue weighted by Gasteiger charge is 2.19. The van der Waals surface area contributed by atoms with Crippen LogP contribution in [0.25, 0.3) is 0 Å². The average molecular weight is 432 g/mol. The summed E-state index contributed by atoms with van der Waals surface area (Å²) in [6.45, 7) is 11.3. The van der Waals surface area contributed by atoms with E-state index in [1.165, 1.54) is 4.90 Å². The number of hydrogen-bond donors (Lipinski definition) is 3. The summed E-state index contributed by atoms with van der Waals surface area (Å²) in [6, 6.07) is 0. The molecule has 0 aromatic carbocycles. The molecule has 0 aliphatic rings. The summed E-state index contributed by atoms with van der Waals surface area (Å²) < 4.78 is 10.3. The molecule has 0 heterocycles. The number of unbranched alkanes of at least 4 members (excludes halogenated alkanes) is 1. The van der Waals surface area contributed by atoms with Crippen molar-refractivity contribution in [2.75, 3.05) is 26.2 Å². The van der Waals surface area contributed by atoms with Crippen LogP contribution in [0.1, 0.15) is 67.2 Å². The maximum absolute atomic E-state index is 12.5. The van der Waals surface area contributed by atoms with Crippen LogP contribution in [-0.2, 0) is 19.1 Å². The maximum atomic E-state index is 12.5.